The van der Waals surface area contributed by atoms with Gasteiger partial charge in [-0.3, -0.25) is 24.1 Å². The van der Waals surface area contributed by atoms with Crippen LogP contribution in [-0.2, 0) is 14.4 Å². The molecule has 23 heavy (non-hydrogen) atoms. The fourth-order valence-corrected chi connectivity index (χ4v) is 3.10. The van der Waals surface area contributed by atoms with Crippen LogP contribution in [0.4, 0.5) is 0 Å². The maximum atomic E-state index is 13.1. The molecule has 2 aliphatic rings. The molecule has 0 radical (unpaired) electrons. The van der Waals surface area contributed by atoms with Crippen molar-refractivity contribution in [2.75, 3.05) is 6.54 Å². The Morgan fingerprint density at radius 2 is 1.65 bits per heavy atom. The molecule has 0 bridgehead atoms. The lowest BCUT2D eigenvalue weighted by Gasteiger charge is -2.36. The van der Waals surface area contributed by atoms with Crippen molar-refractivity contribution in [2.45, 2.75) is 24.8 Å². The second kappa shape index (κ2) is 5.79. The molecule has 1 atom stereocenters. The Morgan fingerprint density at radius 3 is 2.30 bits per heavy atom. The van der Waals surface area contributed by atoms with Crippen LogP contribution < -0.4 is 5.32 Å². The summed E-state index contributed by atoms with van der Waals surface area (Å²) in [7, 11) is 0. The average molecular weight is 312 g/mol. The highest BCUT2D eigenvalue weighted by atomic mass is 16.2. The summed E-state index contributed by atoms with van der Waals surface area (Å²) >= 11 is 0. The van der Waals surface area contributed by atoms with E-state index in [1.54, 1.807) is 30.3 Å². The van der Waals surface area contributed by atoms with Gasteiger partial charge in [0.25, 0.3) is 17.7 Å². The molecule has 0 aliphatic carbocycles. The van der Waals surface area contributed by atoms with Crippen molar-refractivity contribution in [1.29, 1.82) is 0 Å². The summed E-state index contributed by atoms with van der Waals surface area (Å²) in [5.74, 6) is -2.37. The lowest BCUT2D eigenvalue weighted by Crippen LogP contribution is -2.64. The summed E-state index contributed by atoms with van der Waals surface area (Å²) in [4.78, 5) is 51.0. The molecule has 2 aliphatic heterocycles. The number of nitrogens with zero attached hydrogens (tertiary/aromatic N) is 1. The van der Waals surface area contributed by atoms with Crippen LogP contribution in [0, 0.1) is 0 Å². The van der Waals surface area contributed by atoms with Crippen molar-refractivity contribution < 1.29 is 19.2 Å². The molecular weight excluding hydrogens is 296 g/mol. The first-order valence-electron chi connectivity index (χ1n) is 7.52. The summed E-state index contributed by atoms with van der Waals surface area (Å²) in [6.45, 7) is 0.423. The van der Waals surface area contributed by atoms with E-state index in [2.05, 4.69) is 5.32 Å². The lowest BCUT2D eigenvalue weighted by molar-refractivity contribution is -0.149. The van der Waals surface area contributed by atoms with E-state index in [4.69, 9.17) is 0 Å². The van der Waals surface area contributed by atoms with E-state index in [-0.39, 0.29) is 6.42 Å². The number of carbonyl (C=O) groups excluding carboxylic acids is 4. The van der Waals surface area contributed by atoms with Gasteiger partial charge in [-0.1, -0.05) is 30.3 Å². The Hall–Kier alpha value is -2.76. The van der Waals surface area contributed by atoms with Crippen molar-refractivity contribution in [1.82, 2.24) is 10.2 Å². The van der Waals surface area contributed by atoms with Gasteiger partial charge in [-0.2, -0.15) is 0 Å². The largest absolute Gasteiger partial charge is 0.354 e. The van der Waals surface area contributed by atoms with Gasteiger partial charge in [-0.05, 0) is 19.3 Å². The molecule has 6 heteroatoms. The van der Waals surface area contributed by atoms with E-state index in [0.717, 1.165) is 17.1 Å². The Morgan fingerprint density at radius 1 is 1.00 bits per heavy atom. The van der Waals surface area contributed by atoms with Crippen molar-refractivity contribution in [3.8, 4) is 0 Å². The molecule has 1 fully saturated rings. The van der Waals surface area contributed by atoms with Crippen LogP contribution in [0.3, 0.4) is 0 Å². The van der Waals surface area contributed by atoms with Gasteiger partial charge in [0.15, 0.2) is 11.3 Å². The van der Waals surface area contributed by atoms with E-state index in [9.17, 15) is 19.2 Å². The third kappa shape index (κ3) is 2.36. The Bertz CT molecular complexity index is 693. The van der Waals surface area contributed by atoms with Crippen molar-refractivity contribution >= 4 is 23.5 Å². The predicted molar refractivity (Wildman–Crippen MR) is 81.4 cm³/mol. The molecule has 1 saturated heterocycles. The van der Waals surface area contributed by atoms with Crippen LogP contribution in [0.15, 0.2) is 42.5 Å². The summed E-state index contributed by atoms with van der Waals surface area (Å²) in [6, 6.07) is 8.29. The first kappa shape index (κ1) is 15.1. The quantitative estimate of drug-likeness (QED) is 0.509. The van der Waals surface area contributed by atoms with Crippen LogP contribution in [0.2, 0.25) is 0 Å². The summed E-state index contributed by atoms with van der Waals surface area (Å²) in [6.07, 6.45) is 3.58. The first-order valence-corrected chi connectivity index (χ1v) is 7.52. The normalized spacial score (nSPS) is 24.5. The third-order valence-corrected chi connectivity index (χ3v) is 4.23. The number of amides is 3. The zero-order valence-corrected chi connectivity index (χ0v) is 12.5. The average Bonchev–Trinajstić information content (AvgIpc) is 2.79. The number of Topliss-reactive ketones (excluding diaryl/α,β-unsaturated/α-hetero) is 1. The molecule has 0 spiro atoms. The van der Waals surface area contributed by atoms with Crippen LogP contribution in [-0.4, -0.2) is 40.5 Å². The number of nitrogens with one attached hydrogen (secondary N) is 1. The smallest absolute Gasteiger partial charge is 0.254 e. The van der Waals surface area contributed by atoms with E-state index < -0.39 is 29.0 Å². The van der Waals surface area contributed by atoms with Gasteiger partial charge in [0, 0.05) is 24.3 Å². The molecule has 1 aromatic rings. The van der Waals surface area contributed by atoms with Crippen LogP contribution >= 0.6 is 0 Å². The molecule has 2 heterocycles. The number of carbonyl (C=O) groups is 4. The lowest BCUT2D eigenvalue weighted by atomic mass is 9.82. The molecule has 1 unspecified atom stereocenters. The van der Waals surface area contributed by atoms with Gasteiger partial charge < -0.3 is 5.32 Å². The highest BCUT2D eigenvalue weighted by Gasteiger charge is 2.55. The molecule has 118 valence electrons. The van der Waals surface area contributed by atoms with Crippen molar-refractivity contribution in [3.05, 3.63) is 48.0 Å². The molecule has 3 rings (SSSR count). The van der Waals surface area contributed by atoms with E-state index in [1.807, 2.05) is 0 Å². The Labute approximate surface area is 133 Å². The zero-order chi connectivity index (χ0) is 16.4. The molecule has 0 aromatic heterocycles. The molecule has 0 saturated carbocycles. The summed E-state index contributed by atoms with van der Waals surface area (Å²) < 4.78 is 0. The SMILES string of the molecule is O=C1C=CC(=O)N1C1(C(=O)c2ccccc2)CCCCNC1=O. The third-order valence-electron chi connectivity index (χ3n) is 4.23. The minimum absolute atomic E-state index is 0.131. The summed E-state index contributed by atoms with van der Waals surface area (Å²) in [5.41, 5.74) is -1.51. The second-order valence-electron chi connectivity index (χ2n) is 5.61. The number of benzene rings is 1. The maximum Gasteiger partial charge on any atom is 0.254 e. The number of hydrogen-bond donors (Lipinski definition) is 1. The molecule has 1 aromatic carbocycles. The fraction of sp³-hybridized carbons (Fsp3) is 0.294. The van der Waals surface area contributed by atoms with Gasteiger partial charge in [-0.15, -0.1) is 0 Å². The van der Waals surface area contributed by atoms with E-state index in [1.165, 1.54) is 0 Å². The van der Waals surface area contributed by atoms with Gasteiger partial charge in [0.1, 0.15) is 0 Å². The van der Waals surface area contributed by atoms with Crippen molar-refractivity contribution in [2.24, 2.45) is 0 Å². The highest BCUT2D eigenvalue weighted by molar-refractivity contribution is 6.26. The molecule has 6 nitrogen and oxygen atoms in total. The fourth-order valence-electron chi connectivity index (χ4n) is 3.10. The minimum Gasteiger partial charge on any atom is -0.354 e. The van der Waals surface area contributed by atoms with Gasteiger partial charge in [0.05, 0.1) is 0 Å². The van der Waals surface area contributed by atoms with Gasteiger partial charge in [-0.25, -0.2) is 0 Å². The number of hydrogen-bond acceptors (Lipinski definition) is 4. The highest BCUT2D eigenvalue weighted by Crippen LogP contribution is 2.32. The molecule has 1 N–H and O–H groups in total. The van der Waals surface area contributed by atoms with Crippen LogP contribution in [0.5, 0.6) is 0 Å². The molecule has 3 amide bonds. The number of rotatable bonds is 3. The second-order valence-corrected chi connectivity index (χ2v) is 5.61. The van der Waals surface area contributed by atoms with E-state index >= 15 is 0 Å². The first-order chi connectivity index (χ1) is 11.1. The number of ketones is 1. The zero-order valence-electron chi connectivity index (χ0n) is 12.5. The Kier molecular flexibility index (Phi) is 3.82. The van der Waals surface area contributed by atoms with Crippen LogP contribution in [0.25, 0.3) is 0 Å². The minimum atomic E-state index is -1.81. The predicted octanol–water partition coefficient (Wildman–Crippen LogP) is 0.833. The Balaban J connectivity index is 2.14. The van der Waals surface area contributed by atoms with Gasteiger partial charge in [0.2, 0.25) is 0 Å². The topological polar surface area (TPSA) is 83.6 Å². The number of imide groups is 1. The van der Waals surface area contributed by atoms with Crippen LogP contribution in [0.1, 0.15) is 29.6 Å². The summed E-state index contributed by atoms with van der Waals surface area (Å²) in [5, 5.41) is 2.67. The monoisotopic (exact) mass is 312 g/mol. The van der Waals surface area contributed by atoms with Gasteiger partial charge >= 0.3 is 0 Å². The maximum absolute atomic E-state index is 13.1. The standard InChI is InChI=1S/C17H16N2O4/c20-13-8-9-14(21)19(13)17(10-4-5-11-18-16(17)23)15(22)12-6-2-1-3-7-12/h1-3,6-9H,4-5,10-11H2,(H,18,23). The molecular formula is C17H16N2O4. The van der Waals surface area contributed by atoms with Crippen molar-refractivity contribution in [3.63, 3.8) is 0 Å². The van der Waals surface area contributed by atoms with E-state index in [0.29, 0.717) is 24.9 Å².